The summed E-state index contributed by atoms with van der Waals surface area (Å²) in [5.41, 5.74) is 6.53. The first kappa shape index (κ1) is 22.2. The predicted octanol–water partition coefficient (Wildman–Crippen LogP) is 6.54. The fourth-order valence-corrected chi connectivity index (χ4v) is 3.39. The summed E-state index contributed by atoms with van der Waals surface area (Å²) in [5.74, 6) is 2.58. The van der Waals surface area contributed by atoms with Gasteiger partial charge in [-0.2, -0.15) is 0 Å². The molecule has 2 heterocycles. The quantitative estimate of drug-likeness (QED) is 0.265. The minimum atomic E-state index is 0.191. The molecule has 29 heavy (non-hydrogen) atoms. The van der Waals surface area contributed by atoms with Crippen molar-refractivity contribution in [2.45, 2.75) is 40.4 Å². The van der Waals surface area contributed by atoms with E-state index < -0.39 is 0 Å². The van der Waals surface area contributed by atoms with Crippen LogP contribution in [-0.2, 0) is 0 Å². The Morgan fingerprint density at radius 2 is 1.55 bits per heavy atom. The van der Waals surface area contributed by atoms with Gasteiger partial charge in [0.15, 0.2) is 0 Å². The third kappa shape index (κ3) is 6.19. The molecule has 0 aliphatic rings. The fourth-order valence-electron chi connectivity index (χ4n) is 3.39. The molecule has 0 aliphatic carbocycles. The Morgan fingerprint density at radius 3 is 2.03 bits per heavy atom. The summed E-state index contributed by atoms with van der Waals surface area (Å²) in [5, 5.41) is 0. The average Bonchev–Trinajstić information content (AvgIpc) is 3.43. The highest BCUT2D eigenvalue weighted by Gasteiger charge is 2.22. The summed E-state index contributed by atoms with van der Waals surface area (Å²) in [7, 11) is 0. The van der Waals surface area contributed by atoms with Crippen LogP contribution in [0, 0.1) is 12.3 Å². The lowest BCUT2D eigenvalue weighted by atomic mass is 9.66. The second-order valence-corrected chi connectivity index (χ2v) is 7.40. The van der Waals surface area contributed by atoms with E-state index in [1.54, 1.807) is 6.08 Å². The summed E-state index contributed by atoms with van der Waals surface area (Å²) < 4.78 is 4.54. The number of hydrogen-bond acceptors (Lipinski definition) is 0. The monoisotopic (exact) mass is 382 g/mol. The van der Waals surface area contributed by atoms with E-state index in [9.17, 15) is 0 Å². The van der Waals surface area contributed by atoms with Gasteiger partial charge in [0.2, 0.25) is 0 Å². The van der Waals surface area contributed by atoms with E-state index in [1.165, 1.54) is 27.9 Å². The summed E-state index contributed by atoms with van der Waals surface area (Å²) in [4.78, 5) is 0. The largest absolute Gasteiger partial charge is 0.387 e. The Kier molecular flexibility index (Phi) is 8.43. The molecule has 0 aliphatic heterocycles. The summed E-state index contributed by atoms with van der Waals surface area (Å²) in [6, 6.07) is 8.32. The zero-order chi connectivity index (χ0) is 21.2. The molecule has 3 heteroatoms. The molecule has 0 unspecified atom stereocenters. The molecule has 0 N–H and O–H groups in total. The summed E-state index contributed by atoms with van der Waals surface area (Å²) in [6.45, 7) is 12.7. The smallest absolute Gasteiger partial charge is 0.378 e. The van der Waals surface area contributed by atoms with Crippen LogP contribution in [0.1, 0.15) is 34.1 Å². The van der Waals surface area contributed by atoms with Crippen molar-refractivity contribution in [2.75, 3.05) is 0 Å². The minimum Gasteiger partial charge on any atom is -0.378 e. The van der Waals surface area contributed by atoms with Crippen molar-refractivity contribution in [1.82, 2.24) is 8.96 Å². The lowest BCUT2D eigenvalue weighted by molar-refractivity contribution is 0.983. The Hall–Kier alpha value is -3.12. The molecule has 0 atom stereocenters. The van der Waals surface area contributed by atoms with Crippen LogP contribution < -0.4 is 0 Å². The standard InChI is InChI=1S/C26H31BN2/c1-7-9-15-22(3)24(5)20-26(25(6)23(4)14-8-2)21-27(28-16-10-11-17-28)29-18-12-13-19-29/h1,8-19H,2,20-21H2,3-6H3/b15-9-,23-14-,24-22-,26-25-. The molecular formula is C26H31BN2. The van der Waals surface area contributed by atoms with Crippen LogP contribution in [0.5, 0.6) is 0 Å². The highest BCUT2D eigenvalue weighted by molar-refractivity contribution is 6.56. The van der Waals surface area contributed by atoms with Crippen molar-refractivity contribution >= 4 is 6.98 Å². The van der Waals surface area contributed by atoms with Gasteiger partial charge in [-0.3, -0.25) is 0 Å². The molecule has 0 spiro atoms. The first-order valence-corrected chi connectivity index (χ1v) is 10.00. The molecule has 0 fully saturated rings. The van der Waals surface area contributed by atoms with Gasteiger partial charge in [0.1, 0.15) is 0 Å². The van der Waals surface area contributed by atoms with Crippen molar-refractivity contribution in [2.24, 2.45) is 0 Å². The third-order valence-corrected chi connectivity index (χ3v) is 5.44. The van der Waals surface area contributed by atoms with Crippen molar-refractivity contribution in [3.8, 4) is 12.3 Å². The number of hydrogen-bond donors (Lipinski definition) is 0. The van der Waals surface area contributed by atoms with E-state index in [0.717, 1.165) is 12.7 Å². The topological polar surface area (TPSA) is 9.86 Å². The Bertz CT molecular complexity index is 924. The Morgan fingerprint density at radius 1 is 1.00 bits per heavy atom. The summed E-state index contributed by atoms with van der Waals surface area (Å²) >= 11 is 0. The number of aromatic nitrogens is 2. The zero-order valence-corrected chi connectivity index (χ0v) is 18.1. The molecule has 0 radical (unpaired) electrons. The summed E-state index contributed by atoms with van der Waals surface area (Å²) in [6.07, 6.45) is 23.5. The number of allylic oxidation sites excluding steroid dienone is 9. The van der Waals surface area contributed by atoms with E-state index in [2.05, 4.69) is 104 Å². The number of nitrogens with zero attached hydrogens (tertiary/aromatic N) is 2. The highest BCUT2D eigenvalue weighted by atomic mass is 15.0. The molecule has 2 aromatic rings. The van der Waals surface area contributed by atoms with Gasteiger partial charge < -0.3 is 8.96 Å². The first-order chi connectivity index (χ1) is 14.0. The van der Waals surface area contributed by atoms with Gasteiger partial charge in [-0.05, 0) is 107 Å². The van der Waals surface area contributed by atoms with Gasteiger partial charge in [-0.1, -0.05) is 47.4 Å². The van der Waals surface area contributed by atoms with Crippen LogP contribution >= 0.6 is 0 Å². The van der Waals surface area contributed by atoms with E-state index in [-0.39, 0.29) is 6.98 Å². The lowest BCUT2D eigenvalue weighted by Crippen LogP contribution is -2.32. The second-order valence-electron chi connectivity index (χ2n) is 7.40. The lowest BCUT2D eigenvalue weighted by Gasteiger charge is -2.21. The Balaban J connectivity index is 2.48. The van der Waals surface area contributed by atoms with Crippen molar-refractivity contribution < 1.29 is 0 Å². The highest BCUT2D eigenvalue weighted by Crippen LogP contribution is 2.27. The molecule has 0 saturated carbocycles. The van der Waals surface area contributed by atoms with Crippen molar-refractivity contribution in [3.05, 3.63) is 108 Å². The molecule has 0 bridgehead atoms. The van der Waals surface area contributed by atoms with Gasteiger partial charge in [0, 0.05) is 0 Å². The third-order valence-electron chi connectivity index (χ3n) is 5.44. The molecule has 2 aromatic heterocycles. The van der Waals surface area contributed by atoms with Crippen molar-refractivity contribution in [1.29, 1.82) is 0 Å². The van der Waals surface area contributed by atoms with Crippen molar-refractivity contribution in [3.63, 3.8) is 0 Å². The van der Waals surface area contributed by atoms with Crippen LogP contribution in [0.15, 0.2) is 108 Å². The molecular weight excluding hydrogens is 351 g/mol. The van der Waals surface area contributed by atoms with Crippen LogP contribution in [-0.4, -0.2) is 15.9 Å². The first-order valence-electron chi connectivity index (χ1n) is 10.00. The number of terminal acetylenes is 1. The van der Waals surface area contributed by atoms with E-state index >= 15 is 0 Å². The molecule has 0 saturated heterocycles. The Labute approximate surface area is 176 Å². The maximum absolute atomic E-state index is 5.38. The van der Waals surface area contributed by atoms with Gasteiger partial charge in [-0.15, -0.1) is 6.42 Å². The molecule has 2 nitrogen and oxygen atoms in total. The van der Waals surface area contributed by atoms with E-state index in [1.807, 2.05) is 12.2 Å². The predicted molar refractivity (Wildman–Crippen MR) is 128 cm³/mol. The van der Waals surface area contributed by atoms with Gasteiger partial charge in [0.05, 0.1) is 0 Å². The molecule has 148 valence electrons. The molecule has 0 aromatic carbocycles. The maximum atomic E-state index is 5.38. The SMILES string of the molecule is C#C/C=C\C(C)=C(\C)C/C(CB(n1cccc1)n1cccc1)=C(C)/C(C)=C\C=C. The van der Waals surface area contributed by atoms with Gasteiger partial charge in [0.25, 0.3) is 0 Å². The van der Waals surface area contributed by atoms with E-state index in [4.69, 9.17) is 6.42 Å². The van der Waals surface area contributed by atoms with Crippen LogP contribution in [0.25, 0.3) is 0 Å². The maximum Gasteiger partial charge on any atom is 0.387 e. The molecule has 0 amide bonds. The molecule has 2 rings (SSSR count). The van der Waals surface area contributed by atoms with Crippen LogP contribution in [0.4, 0.5) is 0 Å². The second kappa shape index (κ2) is 11.0. The van der Waals surface area contributed by atoms with Gasteiger partial charge >= 0.3 is 6.98 Å². The zero-order valence-electron chi connectivity index (χ0n) is 18.1. The number of rotatable bonds is 9. The van der Waals surface area contributed by atoms with Crippen LogP contribution in [0.3, 0.4) is 0 Å². The van der Waals surface area contributed by atoms with Gasteiger partial charge in [-0.25, -0.2) is 0 Å². The fraction of sp³-hybridized carbons (Fsp3) is 0.231. The van der Waals surface area contributed by atoms with Crippen LogP contribution in [0.2, 0.25) is 6.32 Å². The minimum absolute atomic E-state index is 0.191. The van der Waals surface area contributed by atoms with E-state index in [0.29, 0.717) is 0 Å². The normalized spacial score (nSPS) is 13.7. The average molecular weight is 382 g/mol.